The molecule has 12 aromatic carbocycles. The molecular formula is C82H68O8Rh2. The van der Waals surface area contributed by atoms with Gasteiger partial charge in [-0.2, -0.15) is 0 Å². The van der Waals surface area contributed by atoms with E-state index in [1.165, 1.54) is 14.2 Å². The summed E-state index contributed by atoms with van der Waals surface area (Å²) < 4.78 is 10.5. The Labute approximate surface area is 564 Å². The van der Waals surface area contributed by atoms with Gasteiger partial charge in [0.2, 0.25) is 0 Å². The van der Waals surface area contributed by atoms with Crippen LogP contribution in [0.3, 0.4) is 0 Å². The summed E-state index contributed by atoms with van der Waals surface area (Å²) in [7, 11) is 2.87. The van der Waals surface area contributed by atoms with Crippen LogP contribution in [0.5, 0.6) is 0 Å². The Morgan fingerprint density at radius 2 is 0.304 bits per heavy atom. The molecule has 462 valence electrons. The van der Waals surface area contributed by atoms with E-state index in [0.29, 0.717) is 0 Å². The minimum atomic E-state index is -1.20. The zero-order valence-electron chi connectivity index (χ0n) is 50.7. The van der Waals surface area contributed by atoms with Gasteiger partial charge in [0.15, 0.2) is 0 Å². The van der Waals surface area contributed by atoms with Crippen molar-refractivity contribution in [3.05, 3.63) is 431 Å². The Morgan fingerprint density at radius 1 is 0.207 bits per heavy atom. The van der Waals surface area contributed by atoms with Crippen molar-refractivity contribution in [1.82, 2.24) is 0 Å². The van der Waals surface area contributed by atoms with Crippen LogP contribution in [0.25, 0.3) is 0 Å². The fourth-order valence-electron chi connectivity index (χ4n) is 12.0. The number of carbonyl (C=O) groups excluding carboxylic acids is 2. The predicted molar refractivity (Wildman–Crippen MR) is 356 cm³/mol. The number of hydrogen-bond donors (Lipinski definition) is 2. The Bertz CT molecular complexity index is 3480. The summed E-state index contributed by atoms with van der Waals surface area (Å²) in [6, 6.07) is 115. The number of aliphatic carboxylic acids is 2. The molecule has 0 aliphatic rings. The van der Waals surface area contributed by atoms with Gasteiger partial charge in [-0.05, 0) is 66.8 Å². The molecule has 0 aliphatic carbocycles. The molecule has 0 atom stereocenters. The van der Waals surface area contributed by atoms with E-state index in [4.69, 9.17) is 9.47 Å². The first-order valence-electron chi connectivity index (χ1n) is 29.4. The van der Waals surface area contributed by atoms with Crippen LogP contribution in [0.1, 0.15) is 66.8 Å². The predicted octanol–water partition coefficient (Wildman–Crippen LogP) is 16.6. The minimum Gasteiger partial charge on any atom is -0.480 e. The molecule has 0 saturated carbocycles. The maximum absolute atomic E-state index is 13.0. The monoisotopic (exact) mass is 1390 g/mol. The van der Waals surface area contributed by atoms with Gasteiger partial charge in [-0.25, -0.2) is 0 Å². The summed E-state index contributed by atoms with van der Waals surface area (Å²) >= 11 is 0. The number of ether oxygens (including phenoxy) is 2. The third-order valence-corrected chi connectivity index (χ3v) is 16.1. The molecule has 2 radical (unpaired) electrons. The van der Waals surface area contributed by atoms with E-state index >= 15 is 0 Å². The molecule has 0 unspecified atom stereocenters. The van der Waals surface area contributed by atoms with E-state index in [9.17, 15) is 29.4 Å². The van der Waals surface area contributed by atoms with Gasteiger partial charge < -0.3 is 19.7 Å². The summed E-state index contributed by atoms with van der Waals surface area (Å²) in [5, 5.41) is 20.4. The SMILES string of the molecule is COC(=O)C(c1ccccc1)(c1ccccc1)c1ccccc1.COC(=O)C(c1ccccc1)(c1ccccc1)c1ccccc1.O=C(O)C(c1ccccc1)(c1ccccc1)c1ccccc1.O=C(O)C(c1ccccc1)(c1ccccc1)c1ccccc1.[Rh].[Rh]. The average Bonchev–Trinajstić information content (AvgIpc) is 0.810. The molecule has 0 fully saturated rings. The molecule has 0 saturated heterocycles. The third-order valence-electron chi connectivity index (χ3n) is 16.1. The Kier molecular flexibility index (Phi) is 25.3. The van der Waals surface area contributed by atoms with Crippen molar-refractivity contribution in [1.29, 1.82) is 0 Å². The second-order valence-electron chi connectivity index (χ2n) is 21.0. The first kappa shape index (κ1) is 69.2. The van der Waals surface area contributed by atoms with Gasteiger partial charge in [-0.3, -0.25) is 19.2 Å². The molecule has 10 heteroatoms. The number of hydrogen-bond acceptors (Lipinski definition) is 6. The zero-order valence-corrected chi connectivity index (χ0v) is 53.9. The molecule has 0 amide bonds. The zero-order chi connectivity index (χ0) is 63.1. The number of carboxylic acid groups (broad SMARTS) is 2. The number of esters is 2. The van der Waals surface area contributed by atoms with E-state index in [0.717, 1.165) is 66.8 Å². The fraction of sp³-hybridized carbons (Fsp3) is 0.0732. The van der Waals surface area contributed by atoms with E-state index in [-0.39, 0.29) is 50.9 Å². The molecule has 0 heterocycles. The van der Waals surface area contributed by atoms with Crippen LogP contribution in [0.2, 0.25) is 0 Å². The second kappa shape index (κ2) is 33.5. The van der Waals surface area contributed by atoms with Gasteiger partial charge in [0.1, 0.15) is 21.7 Å². The summed E-state index contributed by atoms with van der Waals surface area (Å²) in [6.07, 6.45) is 0. The van der Waals surface area contributed by atoms with Gasteiger partial charge in [-0.15, -0.1) is 0 Å². The molecule has 0 aliphatic heterocycles. The summed E-state index contributed by atoms with van der Waals surface area (Å²) in [6.45, 7) is 0. The molecule has 0 spiro atoms. The van der Waals surface area contributed by atoms with Crippen LogP contribution in [0, 0.1) is 0 Å². The summed E-state index contributed by atoms with van der Waals surface area (Å²) in [5.74, 6) is -2.34. The maximum atomic E-state index is 13.0. The second-order valence-corrected chi connectivity index (χ2v) is 21.0. The molecular weight excluding hydrogens is 1320 g/mol. The van der Waals surface area contributed by atoms with Gasteiger partial charge in [0.05, 0.1) is 14.2 Å². The van der Waals surface area contributed by atoms with Gasteiger partial charge >= 0.3 is 23.9 Å². The molecule has 12 rings (SSSR count). The normalized spacial score (nSPS) is 10.8. The van der Waals surface area contributed by atoms with Crippen molar-refractivity contribution in [3.8, 4) is 0 Å². The largest absolute Gasteiger partial charge is 0.480 e. The Morgan fingerprint density at radius 3 is 0.391 bits per heavy atom. The van der Waals surface area contributed by atoms with Crippen LogP contribution in [0.4, 0.5) is 0 Å². The fourth-order valence-corrected chi connectivity index (χ4v) is 12.0. The first-order chi connectivity index (χ1) is 44.1. The molecule has 8 nitrogen and oxygen atoms in total. The average molecular weight is 1390 g/mol. The number of methoxy groups -OCH3 is 2. The van der Waals surface area contributed by atoms with E-state index < -0.39 is 33.6 Å². The molecule has 12 aromatic rings. The van der Waals surface area contributed by atoms with E-state index in [1.807, 2.05) is 364 Å². The smallest absolute Gasteiger partial charge is 0.325 e. The van der Waals surface area contributed by atoms with Gasteiger partial charge in [0.25, 0.3) is 0 Å². The van der Waals surface area contributed by atoms with Crippen molar-refractivity contribution in [2.75, 3.05) is 14.2 Å². The molecule has 92 heavy (non-hydrogen) atoms. The molecule has 2 N–H and O–H groups in total. The number of carboxylic acids is 2. The standard InChI is InChI=1S/2C21H18O2.2C20H16O2.2Rh/c2*1-23-20(22)21(17-11-5-2-6-12-17,18-13-7-3-8-14-18)19-15-9-4-10-16-19;2*21-19(22)20(16-10-4-1-5-11-16,17-12-6-2-7-13-17)18-14-8-3-9-15-18;;/h2*2-16H,1H3;2*1-15H,(H,21,22);;. The van der Waals surface area contributed by atoms with Crippen LogP contribution in [-0.2, 0) is 89.3 Å². The van der Waals surface area contributed by atoms with Gasteiger partial charge in [-0.1, -0.05) is 364 Å². The number of carbonyl (C=O) groups is 4. The van der Waals surface area contributed by atoms with E-state index in [2.05, 4.69) is 0 Å². The Balaban J connectivity index is 0.000000173. The quantitative estimate of drug-likeness (QED) is 0.0556. The van der Waals surface area contributed by atoms with Crippen LogP contribution >= 0.6 is 0 Å². The van der Waals surface area contributed by atoms with Crippen LogP contribution in [0.15, 0.2) is 364 Å². The molecule has 0 aromatic heterocycles. The summed E-state index contributed by atoms with van der Waals surface area (Å²) in [4.78, 5) is 50.9. The number of rotatable bonds is 16. The van der Waals surface area contributed by atoms with Crippen molar-refractivity contribution in [2.45, 2.75) is 21.7 Å². The van der Waals surface area contributed by atoms with Gasteiger partial charge in [0, 0.05) is 39.0 Å². The van der Waals surface area contributed by atoms with Crippen molar-refractivity contribution < 1.29 is 77.8 Å². The third kappa shape index (κ3) is 14.3. The first-order valence-corrected chi connectivity index (χ1v) is 29.4. The number of benzene rings is 12. The van der Waals surface area contributed by atoms with Crippen molar-refractivity contribution >= 4 is 23.9 Å². The Hall–Kier alpha value is -10.2. The van der Waals surface area contributed by atoms with Crippen molar-refractivity contribution in [2.24, 2.45) is 0 Å². The molecule has 0 bridgehead atoms. The topological polar surface area (TPSA) is 127 Å². The van der Waals surface area contributed by atoms with Crippen molar-refractivity contribution in [3.63, 3.8) is 0 Å². The van der Waals surface area contributed by atoms with E-state index in [1.54, 1.807) is 0 Å². The summed E-state index contributed by atoms with van der Waals surface area (Å²) in [5.41, 5.74) is 5.50. The van der Waals surface area contributed by atoms with Crippen LogP contribution < -0.4 is 0 Å². The maximum Gasteiger partial charge on any atom is 0.325 e. The van der Waals surface area contributed by atoms with Crippen LogP contribution in [-0.4, -0.2) is 48.3 Å². The minimum absolute atomic E-state index is 0.